The number of aliphatic hydroxyl groups is 1. The summed E-state index contributed by atoms with van der Waals surface area (Å²) in [5.41, 5.74) is 2.80. The Morgan fingerprint density at radius 3 is 2.32 bits per heavy atom. The fourth-order valence-electron chi connectivity index (χ4n) is 4.24. The number of fused-ring (bicyclic) bond motifs is 1. The predicted molar refractivity (Wildman–Crippen MR) is 137 cm³/mol. The summed E-state index contributed by atoms with van der Waals surface area (Å²) in [5.74, 6) is 0.781. The summed E-state index contributed by atoms with van der Waals surface area (Å²) in [7, 11) is 3.90. The lowest BCUT2D eigenvalue weighted by Gasteiger charge is -2.29. The first-order valence-corrected chi connectivity index (χ1v) is 11.3. The topological polar surface area (TPSA) is 62.1 Å². The summed E-state index contributed by atoms with van der Waals surface area (Å²) in [4.78, 5) is 15.6. The second kappa shape index (κ2) is 8.86. The summed E-state index contributed by atoms with van der Waals surface area (Å²) in [6.07, 6.45) is 5.00. The normalized spacial score (nSPS) is 12.9. The van der Waals surface area contributed by atoms with Gasteiger partial charge in [-0.25, -0.2) is 4.98 Å². The molecule has 5 nitrogen and oxygen atoms in total. The molecule has 5 aromatic rings. The highest BCUT2D eigenvalue weighted by Crippen LogP contribution is 2.42. The number of hydrogen-bond donors (Lipinski definition) is 1. The molecular weight excluding hydrogens is 444 g/mol. The van der Waals surface area contributed by atoms with Gasteiger partial charge in [-0.2, -0.15) is 0 Å². The zero-order chi connectivity index (χ0) is 23.7. The van der Waals surface area contributed by atoms with Gasteiger partial charge in [0.2, 0.25) is 0 Å². The van der Waals surface area contributed by atoms with Gasteiger partial charge in [0, 0.05) is 49.2 Å². The molecule has 168 valence electrons. The van der Waals surface area contributed by atoms with Crippen molar-refractivity contribution >= 4 is 28.3 Å². The van der Waals surface area contributed by atoms with E-state index in [-0.39, 0.29) is 0 Å². The van der Waals surface area contributed by atoms with Crippen molar-refractivity contribution in [3.05, 3.63) is 119 Å². The molecule has 0 spiro atoms. The van der Waals surface area contributed by atoms with Crippen LogP contribution < -0.4 is 4.90 Å². The molecule has 0 aliphatic carbocycles. The van der Waals surface area contributed by atoms with Crippen LogP contribution in [0.2, 0.25) is 5.02 Å². The minimum absolute atomic E-state index is 0.500. The van der Waals surface area contributed by atoms with E-state index in [1.807, 2.05) is 91.8 Å². The van der Waals surface area contributed by atoms with Crippen LogP contribution in [0.1, 0.15) is 16.8 Å². The lowest BCUT2D eigenvalue weighted by atomic mass is 9.83. The van der Waals surface area contributed by atoms with Crippen molar-refractivity contribution in [1.29, 1.82) is 0 Å². The lowest BCUT2D eigenvalue weighted by Crippen LogP contribution is -2.30. The Bertz CT molecular complexity index is 1400. The molecule has 0 aliphatic rings. The molecule has 2 aromatic carbocycles. The number of rotatable bonds is 5. The Balaban J connectivity index is 1.80. The third kappa shape index (κ3) is 3.69. The maximum Gasteiger partial charge on any atom is 0.158 e. The van der Waals surface area contributed by atoms with Gasteiger partial charge in [-0.1, -0.05) is 60.1 Å². The number of aromatic nitrogens is 3. The molecule has 34 heavy (non-hydrogen) atoms. The van der Waals surface area contributed by atoms with Crippen LogP contribution in [0.15, 0.2) is 97.5 Å². The van der Waals surface area contributed by atoms with Gasteiger partial charge >= 0.3 is 0 Å². The molecule has 0 radical (unpaired) electrons. The molecule has 0 amide bonds. The van der Waals surface area contributed by atoms with Gasteiger partial charge < -0.3 is 10.0 Å². The standard InChI is InChI=1S/C28H23ClN4O/c1-33(2)27-25(19-9-4-3-5-10-19)26(29)22-17-20(13-14-23(22)32-27)28(34,21-11-8-15-30-18-21)24-12-6-7-16-31-24/h3-18,34H,1-2H3. The largest absolute Gasteiger partial charge is 0.374 e. The van der Waals surface area contributed by atoms with E-state index in [1.54, 1.807) is 24.7 Å². The van der Waals surface area contributed by atoms with E-state index in [1.165, 1.54) is 0 Å². The van der Waals surface area contributed by atoms with Gasteiger partial charge in [0.15, 0.2) is 5.60 Å². The molecular formula is C28H23ClN4O. The Morgan fingerprint density at radius 2 is 1.65 bits per heavy atom. The van der Waals surface area contributed by atoms with Crippen LogP contribution in [0, 0.1) is 0 Å². The minimum Gasteiger partial charge on any atom is -0.374 e. The molecule has 1 unspecified atom stereocenters. The monoisotopic (exact) mass is 466 g/mol. The Kier molecular flexibility index (Phi) is 5.74. The maximum atomic E-state index is 12.1. The Hall–Kier alpha value is -3.80. The fraction of sp³-hybridized carbons (Fsp3) is 0.107. The van der Waals surface area contributed by atoms with E-state index in [9.17, 15) is 5.11 Å². The molecule has 0 saturated carbocycles. The van der Waals surface area contributed by atoms with Gasteiger partial charge in [0.05, 0.1) is 16.2 Å². The zero-order valence-electron chi connectivity index (χ0n) is 18.9. The number of hydrogen-bond acceptors (Lipinski definition) is 5. The van der Waals surface area contributed by atoms with Crippen LogP contribution in [0.3, 0.4) is 0 Å². The quantitative estimate of drug-likeness (QED) is 0.360. The molecule has 0 saturated heterocycles. The molecule has 3 heterocycles. The zero-order valence-corrected chi connectivity index (χ0v) is 19.6. The number of nitrogens with zero attached hydrogens (tertiary/aromatic N) is 4. The number of benzene rings is 2. The maximum absolute atomic E-state index is 12.1. The third-order valence-electron chi connectivity index (χ3n) is 5.92. The van der Waals surface area contributed by atoms with E-state index in [2.05, 4.69) is 9.97 Å². The number of pyridine rings is 3. The van der Waals surface area contributed by atoms with Crippen molar-refractivity contribution in [1.82, 2.24) is 15.0 Å². The van der Waals surface area contributed by atoms with Gasteiger partial charge in [-0.05, 0) is 41.5 Å². The lowest BCUT2D eigenvalue weighted by molar-refractivity contribution is 0.120. The first-order chi connectivity index (χ1) is 16.5. The molecule has 1 N–H and O–H groups in total. The van der Waals surface area contributed by atoms with Gasteiger partial charge in [-0.15, -0.1) is 0 Å². The SMILES string of the molecule is CN(C)c1nc2ccc(C(O)(c3cccnc3)c3ccccn3)cc2c(Cl)c1-c1ccccc1. The fourth-order valence-corrected chi connectivity index (χ4v) is 4.58. The van der Waals surface area contributed by atoms with Crippen molar-refractivity contribution in [2.75, 3.05) is 19.0 Å². The van der Waals surface area contributed by atoms with Crippen LogP contribution in [-0.2, 0) is 5.60 Å². The molecule has 0 bridgehead atoms. The van der Waals surface area contributed by atoms with E-state index >= 15 is 0 Å². The van der Waals surface area contributed by atoms with Crippen molar-refractivity contribution in [2.45, 2.75) is 5.60 Å². The van der Waals surface area contributed by atoms with Crippen LogP contribution in [0.4, 0.5) is 5.82 Å². The minimum atomic E-state index is -1.51. The second-order valence-electron chi connectivity index (χ2n) is 8.28. The Labute approximate surface area is 203 Å². The van der Waals surface area contributed by atoms with Gasteiger partial charge in [0.1, 0.15) is 5.82 Å². The van der Waals surface area contributed by atoms with Crippen LogP contribution >= 0.6 is 11.6 Å². The number of halogens is 1. The van der Waals surface area contributed by atoms with E-state index in [4.69, 9.17) is 16.6 Å². The summed E-state index contributed by atoms with van der Waals surface area (Å²) >= 11 is 7.06. The highest BCUT2D eigenvalue weighted by Gasteiger charge is 2.36. The highest BCUT2D eigenvalue weighted by molar-refractivity contribution is 6.38. The molecule has 1 atom stereocenters. The third-order valence-corrected chi connectivity index (χ3v) is 6.31. The van der Waals surface area contributed by atoms with Crippen LogP contribution in [0.5, 0.6) is 0 Å². The average Bonchev–Trinajstić information content (AvgIpc) is 2.89. The molecule has 0 aliphatic heterocycles. The molecule has 0 fully saturated rings. The van der Waals surface area contributed by atoms with Gasteiger partial charge in [0.25, 0.3) is 0 Å². The van der Waals surface area contributed by atoms with E-state index < -0.39 is 5.60 Å². The van der Waals surface area contributed by atoms with Crippen molar-refractivity contribution < 1.29 is 5.11 Å². The first kappa shape index (κ1) is 22.0. The van der Waals surface area contributed by atoms with Gasteiger partial charge in [-0.3, -0.25) is 9.97 Å². The van der Waals surface area contributed by atoms with Crippen molar-refractivity contribution in [3.8, 4) is 11.1 Å². The first-order valence-electron chi connectivity index (χ1n) is 10.9. The molecule has 3 aromatic heterocycles. The van der Waals surface area contributed by atoms with E-state index in [0.29, 0.717) is 21.8 Å². The van der Waals surface area contributed by atoms with Crippen LogP contribution in [-0.4, -0.2) is 34.2 Å². The average molecular weight is 467 g/mol. The molecule has 5 rings (SSSR count). The van der Waals surface area contributed by atoms with Crippen LogP contribution in [0.25, 0.3) is 22.0 Å². The highest BCUT2D eigenvalue weighted by atomic mass is 35.5. The predicted octanol–water partition coefficient (Wildman–Crippen LogP) is 5.70. The summed E-state index contributed by atoms with van der Waals surface area (Å²) in [5, 5.41) is 13.5. The summed E-state index contributed by atoms with van der Waals surface area (Å²) in [6.45, 7) is 0. The summed E-state index contributed by atoms with van der Waals surface area (Å²) < 4.78 is 0. The molecule has 6 heteroatoms. The Morgan fingerprint density at radius 1 is 0.853 bits per heavy atom. The smallest absolute Gasteiger partial charge is 0.158 e. The van der Waals surface area contributed by atoms with Crippen molar-refractivity contribution in [2.24, 2.45) is 0 Å². The van der Waals surface area contributed by atoms with Crippen molar-refractivity contribution in [3.63, 3.8) is 0 Å². The van der Waals surface area contributed by atoms with E-state index in [0.717, 1.165) is 27.8 Å². The second-order valence-corrected chi connectivity index (χ2v) is 8.66. The number of anilines is 1. The summed E-state index contributed by atoms with van der Waals surface area (Å²) in [6, 6.07) is 24.8.